The van der Waals surface area contributed by atoms with Crippen molar-refractivity contribution in [3.05, 3.63) is 11.7 Å². The van der Waals surface area contributed by atoms with Gasteiger partial charge in [0.05, 0.1) is 6.61 Å². The molecule has 0 amide bonds. The Morgan fingerprint density at radius 2 is 2.25 bits per heavy atom. The van der Waals surface area contributed by atoms with Gasteiger partial charge in [-0.05, 0) is 6.42 Å². The lowest BCUT2D eigenvalue weighted by Crippen LogP contribution is -2.06. The Kier molecular flexibility index (Phi) is 1.79. The van der Waals surface area contributed by atoms with Crippen LogP contribution in [0.5, 0.6) is 5.88 Å². The van der Waals surface area contributed by atoms with Crippen LogP contribution < -0.4 is 4.74 Å². The van der Waals surface area contributed by atoms with Crippen molar-refractivity contribution in [2.75, 3.05) is 6.61 Å². The van der Waals surface area contributed by atoms with Crippen LogP contribution in [-0.4, -0.2) is 11.6 Å². The second-order valence-electron chi connectivity index (χ2n) is 3.39. The number of oxazole rings is 1. The van der Waals surface area contributed by atoms with Gasteiger partial charge in [-0.15, -0.1) is 0 Å². The summed E-state index contributed by atoms with van der Waals surface area (Å²) in [7, 11) is 0. The van der Waals surface area contributed by atoms with Gasteiger partial charge in [-0.25, -0.2) is 0 Å². The van der Waals surface area contributed by atoms with Crippen LogP contribution in [0.15, 0.2) is 4.42 Å². The smallest absolute Gasteiger partial charge is 0.256 e. The first kappa shape index (κ1) is 7.65. The van der Waals surface area contributed by atoms with Crippen LogP contribution in [0.3, 0.4) is 0 Å². The Balaban J connectivity index is 2.32. The van der Waals surface area contributed by atoms with Gasteiger partial charge < -0.3 is 9.15 Å². The number of hydrogen-bond donors (Lipinski definition) is 0. The quantitative estimate of drug-likeness (QED) is 0.642. The van der Waals surface area contributed by atoms with E-state index < -0.39 is 0 Å². The highest BCUT2D eigenvalue weighted by atomic mass is 16.5. The standard InChI is InChI=1S/C9H13NO2/c1-6(2)8-10-9-7(12-8)4-3-5-11-9/h6H,3-5H2,1-2H3. The minimum atomic E-state index is 0.346. The molecule has 0 spiro atoms. The van der Waals surface area contributed by atoms with E-state index in [-0.39, 0.29) is 0 Å². The minimum absolute atomic E-state index is 0.346. The maximum Gasteiger partial charge on any atom is 0.256 e. The number of fused-ring (bicyclic) bond motifs is 1. The molecule has 0 atom stereocenters. The van der Waals surface area contributed by atoms with E-state index >= 15 is 0 Å². The van der Waals surface area contributed by atoms with Crippen molar-refractivity contribution in [2.45, 2.75) is 32.6 Å². The highest BCUT2D eigenvalue weighted by Gasteiger charge is 2.19. The van der Waals surface area contributed by atoms with Gasteiger partial charge in [-0.2, -0.15) is 4.98 Å². The summed E-state index contributed by atoms with van der Waals surface area (Å²) in [6.07, 6.45) is 2.01. The van der Waals surface area contributed by atoms with Crippen molar-refractivity contribution in [3.8, 4) is 5.88 Å². The molecule has 0 saturated carbocycles. The Morgan fingerprint density at radius 1 is 1.42 bits per heavy atom. The van der Waals surface area contributed by atoms with E-state index in [0.717, 1.165) is 31.1 Å². The van der Waals surface area contributed by atoms with Gasteiger partial charge in [0.25, 0.3) is 5.88 Å². The molecular formula is C9H13NO2. The predicted octanol–water partition coefficient (Wildman–Crippen LogP) is 2.12. The normalized spacial score (nSPS) is 15.9. The van der Waals surface area contributed by atoms with Crippen LogP contribution in [0, 0.1) is 0 Å². The summed E-state index contributed by atoms with van der Waals surface area (Å²) in [6.45, 7) is 4.91. The van der Waals surface area contributed by atoms with E-state index in [4.69, 9.17) is 9.15 Å². The first-order valence-corrected chi connectivity index (χ1v) is 4.40. The molecule has 1 aliphatic rings. The van der Waals surface area contributed by atoms with Crippen molar-refractivity contribution in [3.63, 3.8) is 0 Å². The fourth-order valence-corrected chi connectivity index (χ4v) is 1.27. The van der Waals surface area contributed by atoms with E-state index in [1.807, 2.05) is 0 Å². The molecule has 1 aliphatic heterocycles. The molecule has 0 fully saturated rings. The van der Waals surface area contributed by atoms with Crippen LogP contribution in [0.25, 0.3) is 0 Å². The maximum atomic E-state index is 5.53. The number of aromatic nitrogens is 1. The van der Waals surface area contributed by atoms with Gasteiger partial charge in [-0.3, -0.25) is 0 Å². The summed E-state index contributed by atoms with van der Waals surface area (Å²) in [5.41, 5.74) is 0. The molecule has 0 N–H and O–H groups in total. The number of aryl methyl sites for hydroxylation is 1. The highest BCUT2D eigenvalue weighted by molar-refractivity contribution is 5.19. The summed E-state index contributed by atoms with van der Waals surface area (Å²) in [5, 5.41) is 0. The van der Waals surface area contributed by atoms with E-state index in [1.165, 1.54) is 0 Å². The van der Waals surface area contributed by atoms with Crippen LogP contribution in [0.4, 0.5) is 0 Å². The van der Waals surface area contributed by atoms with Gasteiger partial charge in [0.15, 0.2) is 5.76 Å². The largest absolute Gasteiger partial charge is 0.475 e. The van der Waals surface area contributed by atoms with Crippen molar-refractivity contribution >= 4 is 0 Å². The van der Waals surface area contributed by atoms with E-state index in [9.17, 15) is 0 Å². The van der Waals surface area contributed by atoms with Crippen LogP contribution in [-0.2, 0) is 6.42 Å². The Morgan fingerprint density at radius 3 is 2.92 bits per heavy atom. The maximum absolute atomic E-state index is 5.53. The molecule has 0 aromatic carbocycles. The predicted molar refractivity (Wildman–Crippen MR) is 44.4 cm³/mol. The third-order valence-electron chi connectivity index (χ3n) is 1.96. The fraction of sp³-hybridized carbons (Fsp3) is 0.667. The average molecular weight is 167 g/mol. The minimum Gasteiger partial charge on any atom is -0.475 e. The van der Waals surface area contributed by atoms with Crippen molar-refractivity contribution in [2.24, 2.45) is 0 Å². The first-order chi connectivity index (χ1) is 5.77. The summed E-state index contributed by atoms with van der Waals surface area (Å²) in [4.78, 5) is 4.26. The van der Waals surface area contributed by atoms with Gasteiger partial charge in [-0.1, -0.05) is 13.8 Å². The Bertz CT molecular complexity index is 255. The van der Waals surface area contributed by atoms with Gasteiger partial charge in [0.2, 0.25) is 5.89 Å². The van der Waals surface area contributed by atoms with Crippen LogP contribution in [0.2, 0.25) is 0 Å². The Hall–Kier alpha value is -0.990. The second kappa shape index (κ2) is 2.81. The van der Waals surface area contributed by atoms with E-state index in [0.29, 0.717) is 11.8 Å². The third-order valence-corrected chi connectivity index (χ3v) is 1.96. The highest BCUT2D eigenvalue weighted by Crippen LogP contribution is 2.27. The fourth-order valence-electron chi connectivity index (χ4n) is 1.27. The summed E-state index contributed by atoms with van der Waals surface area (Å²) >= 11 is 0. The SMILES string of the molecule is CC(C)c1nc2c(o1)CCCO2. The summed E-state index contributed by atoms with van der Waals surface area (Å²) in [6, 6.07) is 0. The van der Waals surface area contributed by atoms with Gasteiger partial charge >= 0.3 is 0 Å². The van der Waals surface area contributed by atoms with E-state index in [2.05, 4.69) is 18.8 Å². The Labute approximate surface area is 71.7 Å². The van der Waals surface area contributed by atoms with Crippen molar-refractivity contribution < 1.29 is 9.15 Å². The molecule has 0 saturated heterocycles. The summed E-state index contributed by atoms with van der Waals surface area (Å²) in [5.74, 6) is 2.77. The molecule has 0 unspecified atom stereocenters. The lowest BCUT2D eigenvalue weighted by atomic mass is 10.2. The molecule has 3 heteroatoms. The first-order valence-electron chi connectivity index (χ1n) is 4.40. The third kappa shape index (κ3) is 1.19. The van der Waals surface area contributed by atoms with Crippen LogP contribution >= 0.6 is 0 Å². The molecule has 2 heterocycles. The number of ether oxygens (including phenoxy) is 1. The van der Waals surface area contributed by atoms with Gasteiger partial charge in [0.1, 0.15) is 0 Å². The number of nitrogens with zero attached hydrogens (tertiary/aromatic N) is 1. The second-order valence-corrected chi connectivity index (χ2v) is 3.39. The van der Waals surface area contributed by atoms with Crippen LogP contribution in [0.1, 0.15) is 37.8 Å². The molecule has 12 heavy (non-hydrogen) atoms. The molecule has 0 bridgehead atoms. The molecule has 1 aromatic heterocycles. The number of rotatable bonds is 1. The van der Waals surface area contributed by atoms with Crippen molar-refractivity contribution in [1.29, 1.82) is 0 Å². The lowest BCUT2D eigenvalue weighted by molar-refractivity contribution is 0.264. The zero-order chi connectivity index (χ0) is 8.55. The van der Waals surface area contributed by atoms with Gasteiger partial charge in [0, 0.05) is 12.3 Å². The molecule has 3 nitrogen and oxygen atoms in total. The summed E-state index contributed by atoms with van der Waals surface area (Å²) < 4.78 is 10.9. The molecule has 0 radical (unpaired) electrons. The van der Waals surface area contributed by atoms with E-state index in [1.54, 1.807) is 0 Å². The monoisotopic (exact) mass is 167 g/mol. The molecule has 66 valence electrons. The zero-order valence-electron chi connectivity index (χ0n) is 7.46. The average Bonchev–Trinajstić information content (AvgIpc) is 2.46. The molecule has 1 aromatic rings. The molecule has 2 rings (SSSR count). The number of hydrogen-bond acceptors (Lipinski definition) is 3. The zero-order valence-corrected chi connectivity index (χ0v) is 7.46. The van der Waals surface area contributed by atoms with Crippen molar-refractivity contribution in [1.82, 2.24) is 4.98 Å². The molecule has 0 aliphatic carbocycles. The molecular weight excluding hydrogens is 154 g/mol. The lowest BCUT2D eigenvalue weighted by Gasteiger charge is -2.08. The topological polar surface area (TPSA) is 35.3 Å².